The number of ether oxygens (including phenoxy) is 4. The molecule has 0 aromatic heterocycles. The van der Waals surface area contributed by atoms with Gasteiger partial charge in [-0.15, -0.1) is 0 Å². The van der Waals surface area contributed by atoms with Crippen LogP contribution in [0.1, 0.15) is 20.3 Å². The first kappa shape index (κ1) is 13.7. The van der Waals surface area contributed by atoms with Crippen molar-refractivity contribution in [3.05, 3.63) is 12.2 Å². The number of rotatable bonds is 6. The molecule has 6 nitrogen and oxygen atoms in total. The molecular formula is C11H16O6. The third-order valence-corrected chi connectivity index (χ3v) is 1.99. The van der Waals surface area contributed by atoms with Gasteiger partial charge in [0.05, 0.1) is 18.6 Å². The molecule has 6 heteroatoms. The van der Waals surface area contributed by atoms with Crippen LogP contribution in [0.15, 0.2) is 12.2 Å². The van der Waals surface area contributed by atoms with Crippen LogP contribution in [0.4, 0.5) is 0 Å². The zero-order valence-corrected chi connectivity index (χ0v) is 9.93. The van der Waals surface area contributed by atoms with Crippen molar-refractivity contribution >= 4 is 11.9 Å². The quantitative estimate of drug-likeness (QED) is 0.507. The average Bonchev–Trinajstić information content (AvgIpc) is 2.24. The van der Waals surface area contributed by atoms with E-state index in [1.54, 1.807) is 13.8 Å². The van der Waals surface area contributed by atoms with Crippen LogP contribution >= 0.6 is 0 Å². The molecule has 0 aliphatic carbocycles. The molecule has 0 saturated carbocycles. The van der Waals surface area contributed by atoms with E-state index in [9.17, 15) is 9.59 Å². The highest BCUT2D eigenvalue weighted by Gasteiger charge is 2.29. The van der Waals surface area contributed by atoms with E-state index in [1.165, 1.54) is 0 Å². The fourth-order valence-electron chi connectivity index (χ4n) is 1.19. The van der Waals surface area contributed by atoms with Crippen LogP contribution in [0.3, 0.4) is 0 Å². The monoisotopic (exact) mass is 244 g/mol. The molecule has 0 amide bonds. The van der Waals surface area contributed by atoms with Gasteiger partial charge in [0.25, 0.3) is 0 Å². The van der Waals surface area contributed by atoms with E-state index in [0.29, 0.717) is 0 Å². The van der Waals surface area contributed by atoms with Crippen molar-refractivity contribution < 1.29 is 28.5 Å². The van der Waals surface area contributed by atoms with Gasteiger partial charge in [-0.3, -0.25) is 4.79 Å². The molecule has 0 atom stereocenters. The normalized spacial score (nSPS) is 22.5. The summed E-state index contributed by atoms with van der Waals surface area (Å²) in [5.41, 5.74) is 0.101. The molecule has 0 N–H and O–H groups in total. The van der Waals surface area contributed by atoms with Crippen LogP contribution in [-0.2, 0) is 28.5 Å². The van der Waals surface area contributed by atoms with Crippen LogP contribution in [0.25, 0.3) is 0 Å². The summed E-state index contributed by atoms with van der Waals surface area (Å²) in [7, 11) is 0. The van der Waals surface area contributed by atoms with E-state index in [4.69, 9.17) is 14.2 Å². The molecular weight excluding hydrogens is 228 g/mol. The van der Waals surface area contributed by atoms with Crippen molar-refractivity contribution in [2.75, 3.05) is 13.2 Å². The lowest BCUT2D eigenvalue weighted by molar-refractivity contribution is -0.374. The molecule has 1 rings (SSSR count). The molecule has 17 heavy (non-hydrogen) atoms. The number of carbonyl (C=O) groups is 2. The molecule has 0 bridgehead atoms. The number of esters is 2. The second-order valence-corrected chi connectivity index (χ2v) is 3.46. The summed E-state index contributed by atoms with van der Waals surface area (Å²) in [6.45, 7) is 6.94. The van der Waals surface area contributed by atoms with Gasteiger partial charge in [-0.25, -0.2) is 4.79 Å². The van der Waals surface area contributed by atoms with Gasteiger partial charge in [0.2, 0.25) is 0 Å². The van der Waals surface area contributed by atoms with E-state index in [1.807, 2.05) is 0 Å². The smallest absolute Gasteiger partial charge is 0.336 e. The number of carbonyl (C=O) groups excluding carboxylic acids is 2. The fraction of sp³-hybridized carbons (Fsp3) is 0.636. The summed E-state index contributed by atoms with van der Waals surface area (Å²) >= 11 is 0. The lowest BCUT2D eigenvalue weighted by atomic mass is 10.3. The molecule has 0 radical (unpaired) electrons. The molecule has 0 unspecified atom stereocenters. The molecule has 1 aliphatic rings. The Morgan fingerprint density at radius 3 is 2.47 bits per heavy atom. The van der Waals surface area contributed by atoms with Crippen LogP contribution < -0.4 is 0 Å². The van der Waals surface area contributed by atoms with Gasteiger partial charge in [-0.1, -0.05) is 6.58 Å². The van der Waals surface area contributed by atoms with E-state index in [-0.39, 0.29) is 31.5 Å². The summed E-state index contributed by atoms with van der Waals surface area (Å²) in [6.07, 6.45) is -0.823. The molecule has 1 saturated heterocycles. The minimum atomic E-state index is -0.565. The Balaban J connectivity index is 2.15. The summed E-state index contributed by atoms with van der Waals surface area (Å²) in [6, 6.07) is 0. The maximum Gasteiger partial charge on any atom is 0.336 e. The molecule has 1 heterocycles. The van der Waals surface area contributed by atoms with Crippen LogP contribution in [0.5, 0.6) is 0 Å². The van der Waals surface area contributed by atoms with E-state index < -0.39 is 18.2 Å². The van der Waals surface area contributed by atoms with Crippen LogP contribution in [0, 0.1) is 0 Å². The summed E-state index contributed by atoms with van der Waals surface area (Å²) in [5.74, 6) is -1.07. The third-order valence-electron chi connectivity index (χ3n) is 1.99. The molecule has 1 aliphatic heterocycles. The fourth-order valence-corrected chi connectivity index (χ4v) is 1.19. The molecule has 1 fully saturated rings. The number of hydrogen-bond donors (Lipinski definition) is 0. The predicted octanol–water partition coefficient (Wildman–Crippen LogP) is 0.758. The average molecular weight is 244 g/mol. The Bertz CT molecular complexity index is 305. The van der Waals surface area contributed by atoms with Crippen LogP contribution in [0.2, 0.25) is 0 Å². The van der Waals surface area contributed by atoms with Gasteiger partial charge >= 0.3 is 11.9 Å². The molecule has 0 spiro atoms. The first-order valence-corrected chi connectivity index (χ1v) is 5.34. The Hall–Kier alpha value is -1.40. The van der Waals surface area contributed by atoms with Gasteiger partial charge in [0.15, 0.2) is 12.6 Å². The van der Waals surface area contributed by atoms with Crippen molar-refractivity contribution in [3.8, 4) is 0 Å². The van der Waals surface area contributed by atoms with E-state index in [0.717, 1.165) is 0 Å². The summed E-state index contributed by atoms with van der Waals surface area (Å²) in [4.78, 5) is 22.4. The standard InChI is InChI=1S/C11H16O6/c1-4-14-11(13)7(2)6-15-9(12)5-10-16-8(3)17-10/h8,10H,2,4-6H2,1,3H3. The minimum Gasteiger partial charge on any atom is -0.463 e. The highest BCUT2D eigenvalue weighted by atomic mass is 16.9. The van der Waals surface area contributed by atoms with Gasteiger partial charge in [-0.2, -0.15) is 0 Å². The predicted molar refractivity (Wildman–Crippen MR) is 56.8 cm³/mol. The van der Waals surface area contributed by atoms with E-state index >= 15 is 0 Å². The second-order valence-electron chi connectivity index (χ2n) is 3.46. The Morgan fingerprint density at radius 1 is 1.29 bits per heavy atom. The first-order chi connectivity index (χ1) is 8.02. The maximum absolute atomic E-state index is 11.3. The minimum absolute atomic E-state index is 0.000442. The van der Waals surface area contributed by atoms with Gasteiger partial charge in [0.1, 0.15) is 6.61 Å². The lowest BCUT2D eigenvalue weighted by Gasteiger charge is -2.32. The van der Waals surface area contributed by atoms with Gasteiger partial charge < -0.3 is 18.9 Å². The SMILES string of the molecule is C=C(COC(=O)CC1OC(C)O1)C(=O)OCC. The van der Waals surface area contributed by atoms with Gasteiger partial charge in [-0.05, 0) is 13.8 Å². The largest absolute Gasteiger partial charge is 0.463 e. The van der Waals surface area contributed by atoms with Crippen molar-refractivity contribution in [2.45, 2.75) is 32.8 Å². The van der Waals surface area contributed by atoms with E-state index in [2.05, 4.69) is 11.3 Å². The van der Waals surface area contributed by atoms with Crippen molar-refractivity contribution in [1.29, 1.82) is 0 Å². The number of hydrogen-bond acceptors (Lipinski definition) is 6. The molecule has 96 valence electrons. The highest BCUT2D eigenvalue weighted by Crippen LogP contribution is 2.19. The zero-order valence-electron chi connectivity index (χ0n) is 9.93. The Kier molecular flexibility index (Phi) is 5.11. The van der Waals surface area contributed by atoms with Crippen LogP contribution in [-0.4, -0.2) is 37.7 Å². The zero-order chi connectivity index (χ0) is 12.8. The third kappa shape index (κ3) is 4.54. The highest BCUT2D eigenvalue weighted by molar-refractivity contribution is 5.88. The van der Waals surface area contributed by atoms with Gasteiger partial charge in [0, 0.05) is 0 Å². The second kappa shape index (κ2) is 6.36. The maximum atomic E-state index is 11.3. The molecule has 0 aromatic carbocycles. The molecule has 0 aromatic rings. The lowest BCUT2D eigenvalue weighted by Crippen LogP contribution is -2.40. The van der Waals surface area contributed by atoms with Crippen molar-refractivity contribution in [1.82, 2.24) is 0 Å². The Labute approximate surface area is 99.5 Å². The summed E-state index contributed by atoms with van der Waals surface area (Å²) in [5, 5.41) is 0. The van der Waals surface area contributed by atoms with Crippen molar-refractivity contribution in [2.24, 2.45) is 0 Å². The Morgan fingerprint density at radius 2 is 1.94 bits per heavy atom. The van der Waals surface area contributed by atoms with Crippen molar-refractivity contribution in [3.63, 3.8) is 0 Å². The topological polar surface area (TPSA) is 71.1 Å². The first-order valence-electron chi connectivity index (χ1n) is 5.34. The summed E-state index contributed by atoms with van der Waals surface area (Å²) < 4.78 is 19.6.